The van der Waals surface area contributed by atoms with E-state index in [1.807, 2.05) is 24.3 Å². The smallest absolute Gasteiger partial charge is 0.265 e. The molecule has 1 aliphatic heterocycles. The molecular weight excluding hydrogens is 234 g/mol. The van der Waals surface area contributed by atoms with Gasteiger partial charge in [-0.05, 0) is 6.07 Å². The Morgan fingerprint density at radius 2 is 2.00 bits per heavy atom. The minimum Gasteiger partial charge on any atom is -0.265 e. The van der Waals surface area contributed by atoms with E-state index in [1.54, 1.807) is 17.5 Å². The Bertz CT molecular complexity index is 819. The second-order valence-electron chi connectivity index (χ2n) is 3.80. The maximum Gasteiger partial charge on any atom is 0.299 e. The van der Waals surface area contributed by atoms with Crippen LogP contribution in [-0.4, -0.2) is 10.9 Å². The highest BCUT2D eigenvalue weighted by atomic mass is 32.1. The van der Waals surface area contributed by atoms with Crippen molar-refractivity contribution < 1.29 is 4.79 Å². The van der Waals surface area contributed by atoms with Gasteiger partial charge in [-0.25, -0.2) is 4.98 Å². The van der Waals surface area contributed by atoms with E-state index >= 15 is 0 Å². The van der Waals surface area contributed by atoms with Crippen molar-refractivity contribution in [3.05, 3.63) is 36.0 Å². The number of thiophene rings is 1. The first-order chi connectivity index (χ1) is 8.34. The van der Waals surface area contributed by atoms with Gasteiger partial charge in [-0.3, -0.25) is 4.79 Å². The Kier molecular flexibility index (Phi) is 1.55. The number of hydrogen-bond acceptors (Lipinski definition) is 4. The van der Waals surface area contributed by atoms with Gasteiger partial charge >= 0.3 is 0 Å². The molecule has 17 heavy (non-hydrogen) atoms. The molecule has 0 N–H and O–H groups in total. The fourth-order valence-electron chi connectivity index (χ4n) is 2.08. The molecule has 0 radical (unpaired) electrons. The SMILES string of the molecule is O=C1N=Nc2c1cnc1sc3ccccc3c21. The first-order valence-electron chi connectivity index (χ1n) is 5.11. The molecule has 0 aliphatic carbocycles. The molecule has 2 aromatic heterocycles. The van der Waals surface area contributed by atoms with Gasteiger partial charge in [-0.1, -0.05) is 18.2 Å². The van der Waals surface area contributed by atoms with Crippen LogP contribution in [0.25, 0.3) is 20.3 Å². The molecule has 3 heterocycles. The van der Waals surface area contributed by atoms with Crippen LogP contribution in [0.3, 0.4) is 0 Å². The van der Waals surface area contributed by atoms with Crippen molar-refractivity contribution in [1.29, 1.82) is 0 Å². The zero-order chi connectivity index (χ0) is 11.4. The normalized spacial score (nSPS) is 13.8. The van der Waals surface area contributed by atoms with Crippen LogP contribution in [0.1, 0.15) is 10.4 Å². The lowest BCUT2D eigenvalue weighted by molar-refractivity contribution is 0.100. The van der Waals surface area contributed by atoms with E-state index in [1.165, 1.54) is 0 Å². The predicted octanol–water partition coefficient (Wildman–Crippen LogP) is 3.69. The summed E-state index contributed by atoms with van der Waals surface area (Å²) < 4.78 is 1.15. The van der Waals surface area contributed by atoms with E-state index in [0.717, 1.165) is 20.3 Å². The monoisotopic (exact) mass is 239 g/mol. The lowest BCUT2D eigenvalue weighted by Gasteiger charge is -1.95. The zero-order valence-corrected chi connectivity index (χ0v) is 9.36. The first kappa shape index (κ1) is 8.95. The number of hydrogen-bond donors (Lipinski definition) is 0. The number of aromatic nitrogens is 1. The van der Waals surface area contributed by atoms with Crippen LogP contribution in [0.4, 0.5) is 5.69 Å². The Labute approximate surface area is 99.6 Å². The second kappa shape index (κ2) is 2.95. The minimum atomic E-state index is -0.301. The Morgan fingerprint density at radius 1 is 1.12 bits per heavy atom. The number of carbonyl (C=O) groups excluding carboxylic acids is 1. The fourth-order valence-corrected chi connectivity index (χ4v) is 3.13. The third-order valence-electron chi connectivity index (χ3n) is 2.85. The van der Waals surface area contributed by atoms with Gasteiger partial charge in [0.1, 0.15) is 10.5 Å². The molecule has 0 saturated carbocycles. The van der Waals surface area contributed by atoms with Crippen LogP contribution >= 0.6 is 11.3 Å². The molecule has 1 amide bonds. The van der Waals surface area contributed by atoms with Crippen molar-refractivity contribution in [3.63, 3.8) is 0 Å². The molecule has 3 aromatic rings. The number of amides is 1. The molecule has 1 aliphatic rings. The van der Waals surface area contributed by atoms with Crippen molar-refractivity contribution in [2.24, 2.45) is 10.2 Å². The van der Waals surface area contributed by atoms with Crippen LogP contribution in [0, 0.1) is 0 Å². The van der Waals surface area contributed by atoms with Gasteiger partial charge in [0, 0.05) is 21.7 Å². The van der Waals surface area contributed by atoms with E-state index in [4.69, 9.17) is 0 Å². The molecule has 0 unspecified atom stereocenters. The van der Waals surface area contributed by atoms with Crippen LogP contribution in [0.15, 0.2) is 40.7 Å². The molecule has 0 spiro atoms. The van der Waals surface area contributed by atoms with Crippen LogP contribution in [-0.2, 0) is 0 Å². The summed E-state index contributed by atoms with van der Waals surface area (Å²) in [7, 11) is 0. The molecule has 4 rings (SSSR count). The molecule has 5 heteroatoms. The van der Waals surface area contributed by atoms with Crippen molar-refractivity contribution in [2.75, 3.05) is 0 Å². The van der Waals surface area contributed by atoms with Gasteiger partial charge in [0.15, 0.2) is 0 Å². The molecule has 0 saturated heterocycles. The van der Waals surface area contributed by atoms with Crippen LogP contribution in [0.5, 0.6) is 0 Å². The molecule has 80 valence electrons. The van der Waals surface area contributed by atoms with E-state index in [9.17, 15) is 4.79 Å². The van der Waals surface area contributed by atoms with Crippen molar-refractivity contribution in [3.8, 4) is 0 Å². The highest BCUT2D eigenvalue weighted by Gasteiger charge is 2.22. The van der Waals surface area contributed by atoms with Crippen molar-refractivity contribution in [2.45, 2.75) is 0 Å². The standard InChI is InChI=1S/C12H5N3OS/c16-11-7-5-13-12-9(10(7)14-15-11)6-3-1-2-4-8(6)17-12/h1-5H. The van der Waals surface area contributed by atoms with Crippen molar-refractivity contribution in [1.82, 2.24) is 4.98 Å². The topological polar surface area (TPSA) is 54.7 Å². The largest absolute Gasteiger partial charge is 0.299 e. The average Bonchev–Trinajstić information content (AvgIpc) is 2.90. The van der Waals surface area contributed by atoms with Gasteiger partial charge in [0.25, 0.3) is 5.91 Å². The zero-order valence-electron chi connectivity index (χ0n) is 8.54. The highest BCUT2D eigenvalue weighted by Crippen LogP contribution is 2.41. The summed E-state index contributed by atoms with van der Waals surface area (Å²) in [5, 5.41) is 9.59. The Balaban J connectivity index is 2.30. The summed E-state index contributed by atoms with van der Waals surface area (Å²) in [5.41, 5.74) is 1.17. The summed E-state index contributed by atoms with van der Waals surface area (Å²) in [6.45, 7) is 0. The average molecular weight is 239 g/mol. The van der Waals surface area contributed by atoms with Crippen molar-refractivity contribution >= 4 is 43.2 Å². The summed E-state index contributed by atoms with van der Waals surface area (Å²) in [4.78, 5) is 16.7. The van der Waals surface area contributed by atoms with E-state index in [-0.39, 0.29) is 5.91 Å². The summed E-state index contributed by atoms with van der Waals surface area (Å²) in [6, 6.07) is 8.03. The number of pyridine rings is 1. The minimum absolute atomic E-state index is 0.301. The summed E-state index contributed by atoms with van der Waals surface area (Å²) >= 11 is 1.60. The van der Waals surface area contributed by atoms with E-state index in [2.05, 4.69) is 15.2 Å². The molecule has 4 nitrogen and oxygen atoms in total. The number of azo groups is 1. The lowest BCUT2D eigenvalue weighted by atomic mass is 10.1. The summed E-state index contributed by atoms with van der Waals surface area (Å²) in [6.07, 6.45) is 1.56. The number of rotatable bonds is 0. The van der Waals surface area contributed by atoms with Gasteiger partial charge in [0.2, 0.25) is 0 Å². The Morgan fingerprint density at radius 3 is 2.94 bits per heavy atom. The number of benzene rings is 1. The second-order valence-corrected chi connectivity index (χ2v) is 4.83. The highest BCUT2D eigenvalue weighted by molar-refractivity contribution is 7.25. The molecule has 0 fully saturated rings. The molecule has 1 aromatic carbocycles. The molecule has 0 atom stereocenters. The Hall–Kier alpha value is -2.14. The van der Waals surface area contributed by atoms with E-state index < -0.39 is 0 Å². The van der Waals surface area contributed by atoms with Gasteiger partial charge < -0.3 is 0 Å². The molecular formula is C12H5N3OS. The quantitative estimate of drug-likeness (QED) is 0.600. The number of nitrogens with zero attached hydrogens (tertiary/aromatic N) is 3. The predicted molar refractivity (Wildman–Crippen MR) is 66.0 cm³/mol. The third-order valence-corrected chi connectivity index (χ3v) is 3.93. The summed E-state index contributed by atoms with van der Waals surface area (Å²) in [5.74, 6) is -0.301. The van der Waals surface area contributed by atoms with Crippen LogP contribution in [0.2, 0.25) is 0 Å². The fraction of sp³-hybridized carbons (Fsp3) is 0. The molecule has 0 bridgehead atoms. The van der Waals surface area contributed by atoms with Gasteiger partial charge in [-0.2, -0.15) is 0 Å². The maximum absolute atomic E-state index is 11.5. The first-order valence-corrected chi connectivity index (χ1v) is 5.92. The van der Waals surface area contributed by atoms with E-state index in [0.29, 0.717) is 11.3 Å². The number of carbonyl (C=O) groups is 1. The number of fused-ring (bicyclic) bond motifs is 5. The maximum atomic E-state index is 11.5. The van der Waals surface area contributed by atoms with Gasteiger partial charge in [-0.15, -0.1) is 21.6 Å². The van der Waals surface area contributed by atoms with Crippen LogP contribution < -0.4 is 0 Å². The van der Waals surface area contributed by atoms with Gasteiger partial charge in [0.05, 0.1) is 5.56 Å². The third kappa shape index (κ3) is 1.06. The lowest BCUT2D eigenvalue weighted by Crippen LogP contribution is -1.89.